The van der Waals surface area contributed by atoms with E-state index in [0.717, 1.165) is 28.2 Å². The van der Waals surface area contributed by atoms with E-state index in [1.807, 2.05) is 0 Å². The number of aromatic nitrogens is 2. The Morgan fingerprint density at radius 3 is 2.11 bits per heavy atom. The van der Waals surface area contributed by atoms with Crippen molar-refractivity contribution >= 4 is 22.4 Å². The molecule has 1 unspecified atom stereocenters. The molecule has 28 heavy (non-hydrogen) atoms. The van der Waals surface area contributed by atoms with E-state index in [-0.39, 0.29) is 17.0 Å². The summed E-state index contributed by atoms with van der Waals surface area (Å²) in [6.45, 7) is 17.9. The summed E-state index contributed by atoms with van der Waals surface area (Å²) in [5, 5.41) is 7.20. The number of fused-ring (bicyclic) bond motifs is 2. The van der Waals surface area contributed by atoms with Gasteiger partial charge in [-0.15, -0.1) is 0 Å². The molecule has 0 bridgehead atoms. The van der Waals surface area contributed by atoms with Gasteiger partial charge in [0.15, 0.2) is 0 Å². The second-order valence-electron chi connectivity index (χ2n) is 10.2. The molecule has 0 amide bonds. The van der Waals surface area contributed by atoms with Crippen molar-refractivity contribution < 1.29 is 0 Å². The number of nitrogens with zero attached hydrogens (tertiary/aromatic N) is 1. The van der Waals surface area contributed by atoms with Gasteiger partial charge in [0, 0.05) is 11.0 Å². The molecule has 1 aromatic heterocycles. The van der Waals surface area contributed by atoms with Crippen LogP contribution < -0.4 is 10.6 Å². The lowest BCUT2D eigenvalue weighted by Gasteiger charge is -2.27. The Morgan fingerprint density at radius 1 is 0.857 bits per heavy atom. The first-order chi connectivity index (χ1) is 12.9. The minimum absolute atomic E-state index is 0.134. The number of rotatable bonds is 1. The van der Waals surface area contributed by atoms with E-state index in [1.165, 1.54) is 22.3 Å². The van der Waals surface area contributed by atoms with E-state index < -0.39 is 0 Å². The fraction of sp³-hybridized carbons (Fsp3) is 0.458. The third-order valence-corrected chi connectivity index (χ3v) is 5.94. The Hall–Kier alpha value is -2.49. The monoisotopic (exact) mass is 376 g/mol. The zero-order valence-electron chi connectivity index (χ0n) is 18.3. The van der Waals surface area contributed by atoms with Crippen LogP contribution in [0.15, 0.2) is 24.3 Å². The van der Waals surface area contributed by atoms with E-state index in [2.05, 4.69) is 95.3 Å². The standard InChI is InChI=1S/C24H32N4/c1-13-14(2)16(23(3,4)5)10-9-15(13)21-25-17-11-19-20(12-18(17)26-21)28-22(27-19)24(6,7)8/h9-12,22,27-28H,1-8H3,(H,25,26). The van der Waals surface area contributed by atoms with Crippen molar-refractivity contribution in [2.75, 3.05) is 10.6 Å². The first-order valence-corrected chi connectivity index (χ1v) is 10.1. The van der Waals surface area contributed by atoms with Crippen molar-refractivity contribution in [2.24, 2.45) is 5.41 Å². The number of hydrogen-bond donors (Lipinski definition) is 3. The van der Waals surface area contributed by atoms with E-state index >= 15 is 0 Å². The highest BCUT2D eigenvalue weighted by Gasteiger charge is 2.30. The molecule has 2 aromatic carbocycles. The predicted molar refractivity (Wildman–Crippen MR) is 120 cm³/mol. The maximum Gasteiger partial charge on any atom is 0.138 e. The van der Waals surface area contributed by atoms with Gasteiger partial charge in [-0.1, -0.05) is 53.7 Å². The van der Waals surface area contributed by atoms with Crippen LogP contribution >= 0.6 is 0 Å². The molecule has 1 atom stereocenters. The molecule has 0 radical (unpaired) electrons. The molecule has 0 saturated carbocycles. The Bertz CT molecular complexity index is 1020. The molecule has 0 spiro atoms. The van der Waals surface area contributed by atoms with Crippen LogP contribution in [0.3, 0.4) is 0 Å². The molecule has 0 saturated heterocycles. The second kappa shape index (κ2) is 6.00. The van der Waals surface area contributed by atoms with Crippen LogP contribution in [0.4, 0.5) is 11.4 Å². The average molecular weight is 377 g/mol. The number of hydrogen-bond acceptors (Lipinski definition) is 3. The Morgan fingerprint density at radius 2 is 1.50 bits per heavy atom. The van der Waals surface area contributed by atoms with Crippen LogP contribution in [-0.4, -0.2) is 16.1 Å². The number of benzene rings is 2. The Kier molecular flexibility index (Phi) is 4.04. The maximum absolute atomic E-state index is 4.92. The number of aromatic amines is 1. The predicted octanol–water partition coefficient (Wildman–Crippen LogP) is 6.35. The highest BCUT2D eigenvalue weighted by atomic mass is 15.2. The highest BCUT2D eigenvalue weighted by molar-refractivity contribution is 5.91. The first-order valence-electron chi connectivity index (χ1n) is 10.1. The summed E-state index contributed by atoms with van der Waals surface area (Å²) < 4.78 is 0. The van der Waals surface area contributed by atoms with Crippen molar-refractivity contribution in [1.29, 1.82) is 0 Å². The molecular weight excluding hydrogens is 344 g/mol. The highest BCUT2D eigenvalue weighted by Crippen LogP contribution is 2.39. The molecule has 4 heteroatoms. The minimum Gasteiger partial charge on any atom is -0.363 e. The van der Waals surface area contributed by atoms with Crippen LogP contribution in [-0.2, 0) is 5.41 Å². The topological polar surface area (TPSA) is 52.7 Å². The summed E-state index contributed by atoms with van der Waals surface area (Å²) in [7, 11) is 0. The van der Waals surface area contributed by atoms with Gasteiger partial charge in [-0.25, -0.2) is 4.98 Å². The third-order valence-electron chi connectivity index (χ3n) is 5.94. The molecule has 2 heterocycles. The second-order valence-corrected chi connectivity index (χ2v) is 10.2. The van der Waals surface area contributed by atoms with Crippen LogP contribution in [0.1, 0.15) is 58.2 Å². The van der Waals surface area contributed by atoms with Gasteiger partial charge >= 0.3 is 0 Å². The zero-order chi connectivity index (χ0) is 20.4. The van der Waals surface area contributed by atoms with Gasteiger partial charge in [0.25, 0.3) is 0 Å². The van der Waals surface area contributed by atoms with Crippen LogP contribution in [0.5, 0.6) is 0 Å². The lowest BCUT2D eigenvalue weighted by Crippen LogP contribution is -2.36. The first kappa shape index (κ1) is 18.9. The number of anilines is 2. The van der Waals surface area contributed by atoms with Crippen molar-refractivity contribution in [3.63, 3.8) is 0 Å². The van der Waals surface area contributed by atoms with Crippen molar-refractivity contribution in [3.05, 3.63) is 41.0 Å². The van der Waals surface area contributed by atoms with Crippen LogP contribution in [0.2, 0.25) is 0 Å². The molecule has 3 N–H and O–H groups in total. The summed E-state index contributed by atoms with van der Waals surface area (Å²) in [6, 6.07) is 8.78. The quantitative estimate of drug-likeness (QED) is 0.463. The minimum atomic E-state index is 0.134. The van der Waals surface area contributed by atoms with E-state index in [4.69, 9.17) is 4.98 Å². The molecule has 148 valence electrons. The summed E-state index contributed by atoms with van der Waals surface area (Å²) in [4.78, 5) is 8.46. The van der Waals surface area contributed by atoms with Gasteiger partial charge < -0.3 is 15.6 Å². The normalized spacial score (nSPS) is 14.9. The maximum atomic E-state index is 4.92. The van der Waals surface area contributed by atoms with Crippen molar-refractivity contribution in [2.45, 2.75) is 67.0 Å². The summed E-state index contributed by atoms with van der Waals surface area (Å²) in [6.07, 6.45) is 0.225. The molecule has 4 nitrogen and oxygen atoms in total. The molecular formula is C24H32N4. The van der Waals surface area contributed by atoms with E-state index in [1.54, 1.807) is 0 Å². The summed E-state index contributed by atoms with van der Waals surface area (Å²) in [5.41, 5.74) is 9.81. The molecule has 1 aliphatic heterocycles. The third kappa shape index (κ3) is 3.05. The van der Waals surface area contributed by atoms with Gasteiger partial charge in [0.1, 0.15) is 12.0 Å². The number of nitrogens with one attached hydrogen (secondary N) is 3. The van der Waals surface area contributed by atoms with Gasteiger partial charge in [-0.05, 0) is 48.1 Å². The smallest absolute Gasteiger partial charge is 0.138 e. The molecule has 3 aromatic rings. The fourth-order valence-electron chi connectivity index (χ4n) is 4.09. The van der Waals surface area contributed by atoms with E-state index in [9.17, 15) is 0 Å². The van der Waals surface area contributed by atoms with Crippen molar-refractivity contribution in [3.8, 4) is 11.4 Å². The zero-order valence-corrected chi connectivity index (χ0v) is 18.3. The van der Waals surface area contributed by atoms with Crippen LogP contribution in [0, 0.1) is 19.3 Å². The van der Waals surface area contributed by atoms with Gasteiger partial charge in [-0.2, -0.15) is 0 Å². The lowest BCUT2D eigenvalue weighted by molar-refractivity contribution is 0.372. The van der Waals surface area contributed by atoms with Gasteiger partial charge in [0.05, 0.1) is 22.4 Å². The average Bonchev–Trinajstić information content (AvgIpc) is 3.16. The fourth-order valence-corrected chi connectivity index (χ4v) is 4.09. The SMILES string of the molecule is Cc1c(-c2nc3cc4c(cc3[nH]2)NC(C(C)(C)C)N4)ccc(C(C)(C)C)c1C. The summed E-state index contributed by atoms with van der Waals surface area (Å²) >= 11 is 0. The van der Waals surface area contributed by atoms with Crippen molar-refractivity contribution in [1.82, 2.24) is 9.97 Å². The molecule has 0 fully saturated rings. The Labute approximate surface area is 168 Å². The Balaban J connectivity index is 1.74. The number of H-pyrrole nitrogens is 1. The summed E-state index contributed by atoms with van der Waals surface area (Å²) in [5.74, 6) is 0.937. The molecule has 1 aliphatic rings. The number of imidazole rings is 1. The molecule has 4 rings (SSSR count). The lowest BCUT2D eigenvalue weighted by atomic mass is 9.81. The largest absolute Gasteiger partial charge is 0.363 e. The van der Waals surface area contributed by atoms with Gasteiger partial charge in [-0.3, -0.25) is 0 Å². The molecule has 0 aliphatic carbocycles. The van der Waals surface area contributed by atoms with Gasteiger partial charge in [0.2, 0.25) is 0 Å². The van der Waals surface area contributed by atoms with Crippen LogP contribution in [0.25, 0.3) is 22.4 Å². The van der Waals surface area contributed by atoms with E-state index in [0.29, 0.717) is 0 Å².